The number of nitrogens with zero attached hydrogens (tertiary/aromatic N) is 2. The molecule has 1 aromatic heterocycles. The van der Waals surface area contributed by atoms with Gasteiger partial charge in [0.1, 0.15) is 12.8 Å². The van der Waals surface area contributed by atoms with E-state index >= 15 is 0 Å². The van der Waals surface area contributed by atoms with Gasteiger partial charge in [-0.05, 0) is 44.0 Å². The zero-order valence-electron chi connectivity index (χ0n) is 16.4. The molecule has 2 atom stereocenters. The molecule has 164 valence electrons. The summed E-state index contributed by atoms with van der Waals surface area (Å²) >= 11 is 1.36. The Hall–Kier alpha value is -1.91. The summed E-state index contributed by atoms with van der Waals surface area (Å²) < 4.78 is 76.4. The maximum atomic E-state index is 13.0. The van der Waals surface area contributed by atoms with Gasteiger partial charge in [0.15, 0.2) is 0 Å². The van der Waals surface area contributed by atoms with Crippen LogP contribution in [0.2, 0.25) is 0 Å². The van der Waals surface area contributed by atoms with E-state index in [0.29, 0.717) is 36.1 Å². The molecule has 2 unspecified atom stereocenters. The van der Waals surface area contributed by atoms with Crippen LogP contribution in [0, 0.1) is 0 Å². The highest BCUT2D eigenvalue weighted by Gasteiger charge is 2.37. The van der Waals surface area contributed by atoms with Gasteiger partial charge in [-0.2, -0.15) is 27.1 Å². The van der Waals surface area contributed by atoms with Crippen LogP contribution >= 0.6 is 11.8 Å². The first-order valence-corrected chi connectivity index (χ1v) is 9.98. The minimum Gasteiger partial charge on any atom is -0.372 e. The van der Waals surface area contributed by atoms with Gasteiger partial charge in [-0.3, -0.25) is 0 Å². The predicted molar refractivity (Wildman–Crippen MR) is 103 cm³/mol. The Labute approximate surface area is 175 Å². The minimum absolute atomic E-state index is 0.0639. The number of ether oxygens (including phenoxy) is 2. The lowest BCUT2D eigenvalue weighted by Crippen LogP contribution is -2.32. The third-order valence-corrected chi connectivity index (χ3v) is 6.11. The van der Waals surface area contributed by atoms with Crippen LogP contribution in [-0.4, -0.2) is 28.2 Å². The van der Waals surface area contributed by atoms with Gasteiger partial charge in [0.2, 0.25) is 0 Å². The standard InChI is InChI=1S/C20H21F5N2O2S/c1-19(30-15-5-3-4-13(8-15)20(23,24)25)6-7-29-17(11-19)16-9-14(10-18(21)22)26-27(16)12-28-2/h3-5,8-10,17H,6-7,11-12H2,1-2H3. The molecule has 10 heteroatoms. The summed E-state index contributed by atoms with van der Waals surface area (Å²) in [6.07, 6.45) is -4.95. The second-order valence-corrected chi connectivity index (χ2v) is 8.90. The maximum absolute atomic E-state index is 13.0. The molecule has 1 fully saturated rings. The smallest absolute Gasteiger partial charge is 0.372 e. The molecule has 0 N–H and O–H groups in total. The molecular formula is C20H21F5N2O2S. The molecule has 1 aliphatic heterocycles. The third-order valence-electron chi connectivity index (χ3n) is 4.76. The highest BCUT2D eigenvalue weighted by molar-refractivity contribution is 8.00. The van der Waals surface area contributed by atoms with Crippen molar-refractivity contribution in [3.63, 3.8) is 0 Å². The van der Waals surface area contributed by atoms with E-state index in [4.69, 9.17) is 9.47 Å². The summed E-state index contributed by atoms with van der Waals surface area (Å²) in [6, 6.07) is 6.74. The average molecular weight is 448 g/mol. The Morgan fingerprint density at radius 2 is 2.13 bits per heavy atom. The van der Waals surface area contributed by atoms with Gasteiger partial charge < -0.3 is 9.47 Å². The van der Waals surface area contributed by atoms with Crippen molar-refractivity contribution in [2.45, 2.75) is 48.4 Å². The van der Waals surface area contributed by atoms with E-state index < -0.39 is 28.7 Å². The van der Waals surface area contributed by atoms with E-state index in [1.807, 2.05) is 6.92 Å². The van der Waals surface area contributed by atoms with Crippen molar-refractivity contribution in [2.75, 3.05) is 13.7 Å². The molecule has 4 nitrogen and oxygen atoms in total. The molecule has 0 amide bonds. The molecule has 1 saturated heterocycles. The van der Waals surface area contributed by atoms with E-state index in [9.17, 15) is 22.0 Å². The first-order valence-electron chi connectivity index (χ1n) is 9.17. The summed E-state index contributed by atoms with van der Waals surface area (Å²) in [5.74, 6) is 0. The fourth-order valence-electron chi connectivity index (χ4n) is 3.39. The number of hydrogen-bond acceptors (Lipinski definition) is 4. The van der Waals surface area contributed by atoms with Gasteiger partial charge in [-0.25, -0.2) is 4.68 Å². The third kappa shape index (κ3) is 5.61. The van der Waals surface area contributed by atoms with E-state index in [0.717, 1.165) is 12.1 Å². The van der Waals surface area contributed by atoms with E-state index in [1.54, 1.807) is 6.07 Å². The van der Waals surface area contributed by atoms with Crippen LogP contribution in [0.15, 0.2) is 41.3 Å². The quantitative estimate of drug-likeness (QED) is 0.497. The van der Waals surface area contributed by atoms with Crippen molar-refractivity contribution in [3.05, 3.63) is 53.4 Å². The highest BCUT2D eigenvalue weighted by atomic mass is 32.2. The van der Waals surface area contributed by atoms with Crippen molar-refractivity contribution < 1.29 is 31.4 Å². The van der Waals surface area contributed by atoms with Crippen molar-refractivity contribution in [3.8, 4) is 0 Å². The number of rotatable bonds is 6. The van der Waals surface area contributed by atoms with Crippen LogP contribution in [0.3, 0.4) is 0 Å². The van der Waals surface area contributed by atoms with Gasteiger partial charge in [-0.1, -0.05) is 6.07 Å². The average Bonchev–Trinajstić information content (AvgIpc) is 3.03. The SMILES string of the molecule is COCn1nc(C=C(F)F)cc1C1CC(C)(Sc2cccc(C(F)(F)F)c2)CCO1. The van der Waals surface area contributed by atoms with Crippen LogP contribution in [-0.2, 0) is 22.4 Å². The van der Waals surface area contributed by atoms with Gasteiger partial charge in [0, 0.05) is 29.4 Å². The molecule has 0 bridgehead atoms. The first-order chi connectivity index (χ1) is 14.1. The van der Waals surface area contributed by atoms with Gasteiger partial charge in [0.05, 0.1) is 17.0 Å². The van der Waals surface area contributed by atoms with E-state index in [-0.39, 0.29) is 12.4 Å². The molecule has 3 rings (SSSR count). The van der Waals surface area contributed by atoms with Crippen LogP contribution in [0.1, 0.15) is 42.8 Å². The lowest BCUT2D eigenvalue weighted by Gasteiger charge is -2.38. The molecule has 0 aliphatic carbocycles. The normalized spacial score (nSPS) is 22.2. The molecule has 2 heterocycles. The molecule has 0 radical (unpaired) electrons. The number of benzene rings is 1. The lowest BCUT2D eigenvalue weighted by atomic mass is 9.94. The highest BCUT2D eigenvalue weighted by Crippen LogP contribution is 2.46. The second-order valence-electron chi connectivity index (χ2n) is 7.24. The van der Waals surface area contributed by atoms with Crippen LogP contribution in [0.4, 0.5) is 22.0 Å². The number of hydrogen-bond donors (Lipinski definition) is 0. The van der Waals surface area contributed by atoms with Crippen molar-refractivity contribution >= 4 is 17.8 Å². The number of alkyl halides is 3. The fourth-order valence-corrected chi connectivity index (χ4v) is 4.71. The van der Waals surface area contributed by atoms with E-state index in [1.165, 1.54) is 35.7 Å². The molecule has 30 heavy (non-hydrogen) atoms. The Bertz CT molecular complexity index is 911. The molecule has 0 saturated carbocycles. The summed E-state index contributed by atoms with van der Waals surface area (Å²) in [5, 5.41) is 4.11. The number of thioether (sulfide) groups is 1. The van der Waals surface area contributed by atoms with Crippen molar-refractivity contribution in [1.29, 1.82) is 0 Å². The molecule has 1 aromatic carbocycles. The molecule has 2 aromatic rings. The van der Waals surface area contributed by atoms with Crippen molar-refractivity contribution in [2.24, 2.45) is 0 Å². The molecule has 0 spiro atoms. The topological polar surface area (TPSA) is 36.3 Å². The van der Waals surface area contributed by atoms with Gasteiger partial charge >= 0.3 is 6.18 Å². The molecule has 1 aliphatic rings. The van der Waals surface area contributed by atoms with Crippen molar-refractivity contribution in [1.82, 2.24) is 9.78 Å². The zero-order valence-corrected chi connectivity index (χ0v) is 17.2. The van der Waals surface area contributed by atoms with E-state index in [2.05, 4.69) is 5.10 Å². The lowest BCUT2D eigenvalue weighted by molar-refractivity contribution is -0.137. The van der Waals surface area contributed by atoms with Crippen LogP contribution < -0.4 is 0 Å². The number of halogens is 5. The summed E-state index contributed by atoms with van der Waals surface area (Å²) in [4.78, 5) is 0.515. The summed E-state index contributed by atoms with van der Waals surface area (Å²) in [5.41, 5.74) is -0.0223. The largest absolute Gasteiger partial charge is 0.416 e. The number of methoxy groups -OCH3 is 1. The Kier molecular flexibility index (Phi) is 6.88. The predicted octanol–water partition coefficient (Wildman–Crippen LogP) is 6.15. The monoisotopic (exact) mass is 448 g/mol. The number of aromatic nitrogens is 2. The maximum Gasteiger partial charge on any atom is 0.416 e. The van der Waals surface area contributed by atoms with Crippen LogP contribution in [0.25, 0.3) is 6.08 Å². The Morgan fingerprint density at radius 1 is 1.37 bits per heavy atom. The zero-order chi connectivity index (χ0) is 21.9. The first kappa shape index (κ1) is 22.8. The fraction of sp³-hybridized carbons (Fsp3) is 0.450. The Morgan fingerprint density at radius 3 is 2.80 bits per heavy atom. The Balaban J connectivity index is 1.83. The van der Waals surface area contributed by atoms with Gasteiger partial charge in [-0.15, -0.1) is 11.8 Å². The summed E-state index contributed by atoms with van der Waals surface area (Å²) in [7, 11) is 1.46. The second kappa shape index (κ2) is 9.07. The molecular weight excluding hydrogens is 427 g/mol. The summed E-state index contributed by atoms with van der Waals surface area (Å²) in [6.45, 7) is 2.41. The van der Waals surface area contributed by atoms with Gasteiger partial charge in [0.25, 0.3) is 6.08 Å². The van der Waals surface area contributed by atoms with Crippen LogP contribution in [0.5, 0.6) is 0 Å². The minimum atomic E-state index is -4.40.